The summed E-state index contributed by atoms with van der Waals surface area (Å²) in [5.74, 6) is 2.25. The van der Waals surface area contributed by atoms with Gasteiger partial charge in [-0.3, -0.25) is 4.79 Å². The molecule has 0 saturated carbocycles. The molecule has 0 unspecified atom stereocenters. The van der Waals surface area contributed by atoms with E-state index in [1.807, 2.05) is 13.8 Å². The highest BCUT2D eigenvalue weighted by Gasteiger charge is 2.10. The second kappa shape index (κ2) is 7.56. The lowest BCUT2D eigenvalue weighted by molar-refractivity contribution is -0.118. The van der Waals surface area contributed by atoms with E-state index in [1.165, 1.54) is 0 Å². The van der Waals surface area contributed by atoms with Gasteiger partial charge in [-0.15, -0.1) is 0 Å². The summed E-state index contributed by atoms with van der Waals surface area (Å²) >= 11 is 0. The Labute approximate surface area is 114 Å². The van der Waals surface area contributed by atoms with Gasteiger partial charge >= 0.3 is 0 Å². The predicted octanol–water partition coefficient (Wildman–Crippen LogP) is 1.33. The monoisotopic (exact) mass is 265 g/mol. The summed E-state index contributed by atoms with van der Waals surface area (Å²) in [5.41, 5.74) is 0.939. The summed E-state index contributed by atoms with van der Waals surface area (Å²) < 4.78 is 0. The highest BCUT2D eigenvalue weighted by Crippen LogP contribution is 2.20. The number of rotatable bonds is 7. The molecular weight excluding hydrogens is 242 g/mol. The van der Waals surface area contributed by atoms with Gasteiger partial charge in [-0.05, 0) is 13.3 Å². The number of hydrogen-bond donors (Lipinski definition) is 3. The summed E-state index contributed by atoms with van der Waals surface area (Å²) in [5, 5.41) is 8.91. The van der Waals surface area contributed by atoms with Crippen LogP contribution in [0, 0.1) is 6.92 Å². The van der Waals surface area contributed by atoms with Crippen molar-refractivity contribution in [2.45, 2.75) is 33.6 Å². The Hall–Kier alpha value is -1.85. The molecule has 0 aliphatic rings. The van der Waals surface area contributed by atoms with Crippen LogP contribution in [0.15, 0.2) is 0 Å². The topological polar surface area (TPSA) is 78.9 Å². The van der Waals surface area contributed by atoms with Crippen LogP contribution in [0.25, 0.3) is 0 Å². The average Bonchev–Trinajstić information content (AvgIpc) is 2.44. The van der Waals surface area contributed by atoms with Crippen molar-refractivity contribution in [3.63, 3.8) is 0 Å². The molecule has 1 aromatic rings. The van der Waals surface area contributed by atoms with Crippen LogP contribution in [0.5, 0.6) is 0 Å². The van der Waals surface area contributed by atoms with E-state index in [-0.39, 0.29) is 12.5 Å². The van der Waals surface area contributed by atoms with E-state index in [1.54, 1.807) is 7.05 Å². The summed E-state index contributed by atoms with van der Waals surface area (Å²) in [4.78, 5) is 20.2. The Morgan fingerprint density at radius 1 is 1.16 bits per heavy atom. The van der Waals surface area contributed by atoms with Gasteiger partial charge in [-0.1, -0.05) is 13.8 Å². The van der Waals surface area contributed by atoms with Gasteiger partial charge in [0.25, 0.3) is 0 Å². The minimum atomic E-state index is -0.0703. The van der Waals surface area contributed by atoms with Gasteiger partial charge in [-0.2, -0.15) is 0 Å². The Balaban J connectivity index is 2.91. The minimum absolute atomic E-state index is 0.0703. The molecule has 0 aliphatic carbocycles. The Kier molecular flexibility index (Phi) is 6.05. The van der Waals surface area contributed by atoms with Crippen LogP contribution < -0.4 is 16.0 Å². The van der Waals surface area contributed by atoms with E-state index < -0.39 is 0 Å². The number of nitrogens with one attached hydrogen (secondary N) is 3. The van der Waals surface area contributed by atoms with Gasteiger partial charge in [0.2, 0.25) is 5.91 Å². The molecule has 1 amide bonds. The molecule has 0 fully saturated rings. The zero-order valence-corrected chi connectivity index (χ0v) is 12.1. The van der Waals surface area contributed by atoms with Gasteiger partial charge in [0, 0.05) is 25.6 Å². The van der Waals surface area contributed by atoms with E-state index in [4.69, 9.17) is 0 Å². The van der Waals surface area contributed by atoms with Gasteiger partial charge in [0.05, 0.1) is 6.54 Å². The summed E-state index contributed by atoms with van der Waals surface area (Å²) in [6.45, 7) is 7.15. The van der Waals surface area contributed by atoms with Crippen LogP contribution in [0.1, 0.15) is 31.7 Å². The van der Waals surface area contributed by atoms with E-state index in [0.717, 1.165) is 36.6 Å². The lowest BCUT2D eigenvalue weighted by Crippen LogP contribution is -2.27. The van der Waals surface area contributed by atoms with E-state index in [2.05, 4.69) is 32.8 Å². The molecule has 19 heavy (non-hydrogen) atoms. The molecular formula is C13H23N5O. The molecule has 0 bridgehead atoms. The van der Waals surface area contributed by atoms with Gasteiger partial charge in [0.15, 0.2) is 0 Å². The molecule has 0 saturated heterocycles. The third kappa shape index (κ3) is 4.39. The number of aromatic nitrogens is 2. The summed E-state index contributed by atoms with van der Waals surface area (Å²) in [6.07, 6.45) is 1.79. The smallest absolute Gasteiger partial charge is 0.239 e. The molecule has 0 radical (unpaired) electrons. The molecule has 0 spiro atoms. The molecule has 0 atom stereocenters. The number of carbonyl (C=O) groups is 1. The van der Waals surface area contributed by atoms with Gasteiger partial charge < -0.3 is 16.0 Å². The lowest BCUT2D eigenvalue weighted by Gasteiger charge is -2.14. The van der Waals surface area contributed by atoms with E-state index >= 15 is 0 Å². The van der Waals surface area contributed by atoms with Crippen molar-refractivity contribution in [3.8, 4) is 0 Å². The lowest BCUT2D eigenvalue weighted by atomic mass is 10.2. The number of hydrogen-bond acceptors (Lipinski definition) is 5. The zero-order valence-electron chi connectivity index (χ0n) is 12.1. The molecule has 1 heterocycles. The summed E-state index contributed by atoms with van der Waals surface area (Å²) in [6, 6.07) is 0. The number of amides is 1. The molecule has 6 heteroatoms. The second-order valence-electron chi connectivity index (χ2n) is 4.27. The van der Waals surface area contributed by atoms with Crippen molar-refractivity contribution in [1.82, 2.24) is 15.3 Å². The maximum absolute atomic E-state index is 11.3. The van der Waals surface area contributed by atoms with Crippen molar-refractivity contribution in [2.24, 2.45) is 0 Å². The highest BCUT2D eigenvalue weighted by atomic mass is 16.1. The van der Waals surface area contributed by atoms with Crippen LogP contribution >= 0.6 is 0 Å². The van der Waals surface area contributed by atoms with Crippen molar-refractivity contribution in [1.29, 1.82) is 0 Å². The van der Waals surface area contributed by atoms with E-state index in [9.17, 15) is 4.79 Å². The van der Waals surface area contributed by atoms with Crippen molar-refractivity contribution in [2.75, 3.05) is 30.8 Å². The van der Waals surface area contributed by atoms with Crippen LogP contribution in [-0.4, -0.2) is 36.0 Å². The van der Waals surface area contributed by atoms with Crippen molar-refractivity contribution in [3.05, 3.63) is 11.4 Å². The first-order chi connectivity index (χ1) is 9.12. The van der Waals surface area contributed by atoms with Gasteiger partial charge in [0.1, 0.15) is 17.5 Å². The SMILES string of the molecule is CCCNc1nc(CC)nc(NCC(=O)NC)c1C. The van der Waals surface area contributed by atoms with Crippen LogP contribution in [0.2, 0.25) is 0 Å². The summed E-state index contributed by atoms with van der Waals surface area (Å²) in [7, 11) is 1.61. The van der Waals surface area contributed by atoms with Crippen LogP contribution in [0.4, 0.5) is 11.6 Å². The second-order valence-corrected chi connectivity index (χ2v) is 4.27. The predicted molar refractivity (Wildman–Crippen MR) is 77.5 cm³/mol. The first-order valence-corrected chi connectivity index (χ1v) is 6.68. The molecule has 6 nitrogen and oxygen atoms in total. The number of anilines is 2. The normalized spacial score (nSPS) is 10.1. The first kappa shape index (κ1) is 15.2. The minimum Gasteiger partial charge on any atom is -0.370 e. The molecule has 1 rings (SSSR count). The number of aryl methyl sites for hydroxylation is 1. The third-order valence-corrected chi connectivity index (χ3v) is 2.75. The largest absolute Gasteiger partial charge is 0.370 e. The zero-order chi connectivity index (χ0) is 14.3. The Bertz CT molecular complexity index is 433. The Morgan fingerprint density at radius 3 is 2.32 bits per heavy atom. The number of likely N-dealkylation sites (N-methyl/N-ethyl adjacent to an activating group) is 1. The standard InChI is InChI=1S/C13H23N5O/c1-5-7-15-12-9(3)13(16-8-11(19)14-4)18-10(6-2)17-12/h5-8H2,1-4H3,(H,14,19)(H2,15,16,17,18). The Morgan fingerprint density at radius 2 is 1.79 bits per heavy atom. The fraction of sp³-hybridized carbons (Fsp3) is 0.615. The highest BCUT2D eigenvalue weighted by molar-refractivity contribution is 5.80. The fourth-order valence-corrected chi connectivity index (χ4v) is 1.56. The van der Waals surface area contributed by atoms with Crippen molar-refractivity contribution >= 4 is 17.5 Å². The van der Waals surface area contributed by atoms with Crippen LogP contribution in [0.3, 0.4) is 0 Å². The average molecular weight is 265 g/mol. The molecule has 0 aliphatic heterocycles. The fourth-order valence-electron chi connectivity index (χ4n) is 1.56. The quantitative estimate of drug-likeness (QED) is 0.693. The van der Waals surface area contributed by atoms with Crippen LogP contribution in [-0.2, 0) is 11.2 Å². The third-order valence-electron chi connectivity index (χ3n) is 2.75. The number of nitrogens with zero attached hydrogens (tertiary/aromatic N) is 2. The number of carbonyl (C=O) groups excluding carboxylic acids is 1. The molecule has 3 N–H and O–H groups in total. The van der Waals surface area contributed by atoms with Crippen molar-refractivity contribution < 1.29 is 4.79 Å². The van der Waals surface area contributed by atoms with Gasteiger partial charge in [-0.25, -0.2) is 9.97 Å². The maximum Gasteiger partial charge on any atom is 0.239 e. The molecule has 0 aromatic carbocycles. The maximum atomic E-state index is 11.3. The first-order valence-electron chi connectivity index (χ1n) is 6.68. The van der Waals surface area contributed by atoms with E-state index in [0.29, 0.717) is 5.82 Å². The molecule has 106 valence electrons. The molecule has 1 aromatic heterocycles.